The first kappa shape index (κ1) is 9.68. The molecule has 0 saturated heterocycles. The molecule has 1 aromatic rings. The second-order valence-corrected chi connectivity index (χ2v) is 2.83. The SMILES string of the molecule is CC(=O)/C=C/C(O)c1ccccc1. The Bertz CT molecular complexity index is 301. The number of carbonyl (C=O) groups excluding carboxylic acids is 1. The molecule has 0 aliphatic heterocycles. The van der Waals surface area contributed by atoms with Crippen LogP contribution in [0.15, 0.2) is 42.5 Å². The second kappa shape index (κ2) is 4.58. The zero-order valence-corrected chi connectivity index (χ0v) is 7.47. The predicted molar refractivity (Wildman–Crippen MR) is 51.2 cm³/mol. The van der Waals surface area contributed by atoms with Crippen molar-refractivity contribution in [2.45, 2.75) is 13.0 Å². The van der Waals surface area contributed by atoms with Crippen molar-refractivity contribution in [1.82, 2.24) is 0 Å². The molecular weight excluding hydrogens is 164 g/mol. The van der Waals surface area contributed by atoms with Crippen LogP contribution in [-0.2, 0) is 4.79 Å². The van der Waals surface area contributed by atoms with Crippen molar-refractivity contribution in [1.29, 1.82) is 0 Å². The lowest BCUT2D eigenvalue weighted by Gasteiger charge is -2.03. The lowest BCUT2D eigenvalue weighted by Crippen LogP contribution is -1.93. The first-order valence-electron chi connectivity index (χ1n) is 4.12. The lowest BCUT2D eigenvalue weighted by atomic mass is 10.1. The van der Waals surface area contributed by atoms with Gasteiger partial charge >= 0.3 is 0 Å². The molecule has 0 bridgehead atoms. The van der Waals surface area contributed by atoms with E-state index in [4.69, 9.17) is 0 Å². The smallest absolute Gasteiger partial charge is 0.152 e. The summed E-state index contributed by atoms with van der Waals surface area (Å²) in [6.45, 7) is 1.45. The Labute approximate surface area is 77.5 Å². The fourth-order valence-electron chi connectivity index (χ4n) is 0.988. The Kier molecular flexibility index (Phi) is 3.41. The molecule has 0 aliphatic rings. The third-order valence-corrected chi connectivity index (χ3v) is 1.65. The van der Waals surface area contributed by atoms with E-state index in [0.717, 1.165) is 5.56 Å². The van der Waals surface area contributed by atoms with Gasteiger partial charge in [0.2, 0.25) is 0 Å². The van der Waals surface area contributed by atoms with Crippen molar-refractivity contribution < 1.29 is 9.90 Å². The van der Waals surface area contributed by atoms with Crippen LogP contribution in [-0.4, -0.2) is 10.9 Å². The highest BCUT2D eigenvalue weighted by Crippen LogP contribution is 2.12. The second-order valence-electron chi connectivity index (χ2n) is 2.83. The minimum Gasteiger partial charge on any atom is -0.384 e. The molecule has 13 heavy (non-hydrogen) atoms. The monoisotopic (exact) mass is 176 g/mol. The van der Waals surface area contributed by atoms with Gasteiger partial charge in [0.1, 0.15) is 0 Å². The summed E-state index contributed by atoms with van der Waals surface area (Å²) in [4.78, 5) is 10.6. The van der Waals surface area contributed by atoms with Gasteiger partial charge in [0.15, 0.2) is 5.78 Å². The van der Waals surface area contributed by atoms with Crippen molar-refractivity contribution in [3.05, 3.63) is 48.0 Å². The number of benzene rings is 1. The number of ketones is 1. The van der Waals surface area contributed by atoms with Gasteiger partial charge < -0.3 is 5.11 Å². The van der Waals surface area contributed by atoms with E-state index < -0.39 is 6.10 Å². The topological polar surface area (TPSA) is 37.3 Å². The average Bonchev–Trinajstić information content (AvgIpc) is 2.15. The van der Waals surface area contributed by atoms with Gasteiger partial charge in [-0.05, 0) is 24.6 Å². The Balaban J connectivity index is 2.69. The van der Waals surface area contributed by atoms with Crippen LogP contribution in [0.1, 0.15) is 18.6 Å². The predicted octanol–water partition coefficient (Wildman–Crippen LogP) is 1.87. The highest BCUT2D eigenvalue weighted by Gasteiger charge is 2.00. The van der Waals surface area contributed by atoms with Crippen LogP contribution in [0, 0.1) is 0 Å². The van der Waals surface area contributed by atoms with Gasteiger partial charge in [-0.25, -0.2) is 0 Å². The van der Waals surface area contributed by atoms with E-state index >= 15 is 0 Å². The molecule has 1 atom stereocenters. The number of carbonyl (C=O) groups is 1. The molecule has 0 spiro atoms. The number of aliphatic hydroxyl groups excluding tert-OH is 1. The van der Waals surface area contributed by atoms with Gasteiger partial charge in [-0.3, -0.25) is 4.79 Å². The molecule has 1 N–H and O–H groups in total. The van der Waals surface area contributed by atoms with E-state index in [2.05, 4.69) is 0 Å². The van der Waals surface area contributed by atoms with Gasteiger partial charge in [-0.2, -0.15) is 0 Å². The van der Waals surface area contributed by atoms with Gasteiger partial charge in [-0.15, -0.1) is 0 Å². The zero-order valence-electron chi connectivity index (χ0n) is 7.47. The van der Waals surface area contributed by atoms with Crippen LogP contribution in [0.25, 0.3) is 0 Å². The maximum absolute atomic E-state index is 10.6. The van der Waals surface area contributed by atoms with Gasteiger partial charge in [0.05, 0.1) is 6.10 Å². The summed E-state index contributed by atoms with van der Waals surface area (Å²) < 4.78 is 0. The number of rotatable bonds is 3. The molecule has 0 amide bonds. The number of aliphatic hydroxyl groups is 1. The van der Waals surface area contributed by atoms with Gasteiger partial charge in [0.25, 0.3) is 0 Å². The first-order chi connectivity index (χ1) is 6.20. The summed E-state index contributed by atoms with van der Waals surface area (Å²) in [5.41, 5.74) is 0.792. The van der Waals surface area contributed by atoms with Crippen molar-refractivity contribution in [2.24, 2.45) is 0 Å². The number of hydrogen-bond acceptors (Lipinski definition) is 2. The molecule has 1 unspecified atom stereocenters. The molecule has 0 fully saturated rings. The third kappa shape index (κ3) is 3.22. The Morgan fingerprint density at radius 2 is 2.00 bits per heavy atom. The minimum absolute atomic E-state index is 0.0602. The molecular formula is C11H12O2. The summed E-state index contributed by atoms with van der Waals surface area (Å²) in [6.07, 6.45) is 2.17. The molecule has 68 valence electrons. The Morgan fingerprint density at radius 3 is 2.54 bits per heavy atom. The molecule has 0 aromatic heterocycles. The van der Waals surface area contributed by atoms with Gasteiger partial charge in [0, 0.05) is 0 Å². The van der Waals surface area contributed by atoms with Crippen molar-refractivity contribution >= 4 is 5.78 Å². The molecule has 0 radical (unpaired) electrons. The van der Waals surface area contributed by atoms with E-state index in [0.29, 0.717) is 0 Å². The van der Waals surface area contributed by atoms with E-state index in [1.165, 1.54) is 19.1 Å². The van der Waals surface area contributed by atoms with Gasteiger partial charge in [-0.1, -0.05) is 30.3 Å². The summed E-state index contributed by atoms with van der Waals surface area (Å²) in [5.74, 6) is -0.0602. The summed E-state index contributed by atoms with van der Waals surface area (Å²) in [6, 6.07) is 9.20. The van der Waals surface area contributed by atoms with Crippen molar-refractivity contribution in [2.75, 3.05) is 0 Å². The van der Waals surface area contributed by atoms with Crippen LogP contribution in [0.4, 0.5) is 0 Å². The standard InChI is InChI=1S/C11H12O2/c1-9(12)7-8-11(13)10-5-3-2-4-6-10/h2-8,11,13H,1H3/b8-7+. The van der Waals surface area contributed by atoms with Crippen LogP contribution in [0.3, 0.4) is 0 Å². The van der Waals surface area contributed by atoms with E-state index in [9.17, 15) is 9.90 Å². The van der Waals surface area contributed by atoms with Crippen LogP contribution >= 0.6 is 0 Å². The molecule has 2 heteroatoms. The Hall–Kier alpha value is -1.41. The fraction of sp³-hybridized carbons (Fsp3) is 0.182. The van der Waals surface area contributed by atoms with Crippen LogP contribution in [0.2, 0.25) is 0 Å². The first-order valence-corrected chi connectivity index (χ1v) is 4.12. The minimum atomic E-state index is -0.690. The third-order valence-electron chi connectivity index (χ3n) is 1.65. The molecule has 0 saturated carbocycles. The average molecular weight is 176 g/mol. The molecule has 1 aromatic carbocycles. The largest absolute Gasteiger partial charge is 0.384 e. The molecule has 1 rings (SSSR count). The molecule has 2 nitrogen and oxygen atoms in total. The van der Waals surface area contributed by atoms with Crippen molar-refractivity contribution in [3.63, 3.8) is 0 Å². The van der Waals surface area contributed by atoms with Crippen molar-refractivity contribution in [3.8, 4) is 0 Å². The van der Waals surface area contributed by atoms with Crippen LogP contribution < -0.4 is 0 Å². The highest BCUT2D eigenvalue weighted by molar-refractivity contribution is 5.87. The Morgan fingerprint density at radius 1 is 1.38 bits per heavy atom. The highest BCUT2D eigenvalue weighted by atomic mass is 16.3. The number of hydrogen-bond donors (Lipinski definition) is 1. The zero-order chi connectivity index (χ0) is 9.68. The normalized spacial score (nSPS) is 13.1. The lowest BCUT2D eigenvalue weighted by molar-refractivity contribution is -0.112. The van der Waals surface area contributed by atoms with E-state index in [1.54, 1.807) is 0 Å². The quantitative estimate of drug-likeness (QED) is 0.714. The summed E-state index contributed by atoms with van der Waals surface area (Å²) in [7, 11) is 0. The molecule has 0 heterocycles. The molecule has 0 aliphatic carbocycles. The summed E-state index contributed by atoms with van der Waals surface area (Å²) in [5, 5.41) is 9.53. The maximum atomic E-state index is 10.6. The maximum Gasteiger partial charge on any atom is 0.152 e. The fourth-order valence-corrected chi connectivity index (χ4v) is 0.988. The van der Waals surface area contributed by atoms with E-state index in [-0.39, 0.29) is 5.78 Å². The van der Waals surface area contributed by atoms with E-state index in [1.807, 2.05) is 30.3 Å². The summed E-state index contributed by atoms with van der Waals surface area (Å²) >= 11 is 0. The van der Waals surface area contributed by atoms with Crippen LogP contribution in [0.5, 0.6) is 0 Å². The number of allylic oxidation sites excluding steroid dienone is 1.